The van der Waals surface area contributed by atoms with Crippen LogP contribution in [-0.4, -0.2) is 38.7 Å². The third-order valence-corrected chi connectivity index (χ3v) is 4.64. The first-order valence-electron chi connectivity index (χ1n) is 6.12. The summed E-state index contributed by atoms with van der Waals surface area (Å²) in [5, 5.41) is 23.6. The molecule has 7 heteroatoms. The maximum atomic E-state index is 12.0. The second-order valence-electron chi connectivity index (χ2n) is 4.53. The molecule has 3 unspecified atom stereocenters. The van der Waals surface area contributed by atoms with Crippen LogP contribution in [-0.2, 0) is 10.8 Å². The van der Waals surface area contributed by atoms with Crippen LogP contribution < -0.4 is 5.32 Å². The molecule has 0 spiro atoms. The summed E-state index contributed by atoms with van der Waals surface area (Å²) in [5.41, 5.74) is -0.0289. The predicted molar refractivity (Wildman–Crippen MR) is 71.4 cm³/mol. The van der Waals surface area contributed by atoms with Crippen LogP contribution in [0, 0.1) is 10.1 Å². The first kappa shape index (κ1) is 14.1. The SMILES string of the molecule is O=[N+]([O-])c1ccc(S(=O)CC(O)C2CCCN2)cc1. The lowest BCUT2D eigenvalue weighted by Gasteiger charge is -2.17. The number of benzene rings is 1. The van der Waals surface area contributed by atoms with Crippen LogP contribution in [0.5, 0.6) is 0 Å². The Hall–Kier alpha value is -1.31. The summed E-state index contributed by atoms with van der Waals surface area (Å²) in [6.07, 6.45) is 1.25. The summed E-state index contributed by atoms with van der Waals surface area (Å²) < 4.78 is 12.0. The van der Waals surface area contributed by atoms with Crippen molar-refractivity contribution in [1.29, 1.82) is 0 Å². The summed E-state index contributed by atoms with van der Waals surface area (Å²) in [6, 6.07) is 5.61. The number of hydrogen-bond donors (Lipinski definition) is 2. The van der Waals surface area contributed by atoms with Crippen molar-refractivity contribution in [1.82, 2.24) is 5.32 Å². The molecule has 104 valence electrons. The van der Waals surface area contributed by atoms with Gasteiger partial charge < -0.3 is 10.4 Å². The smallest absolute Gasteiger partial charge is 0.269 e. The van der Waals surface area contributed by atoms with E-state index in [9.17, 15) is 19.4 Å². The van der Waals surface area contributed by atoms with Crippen LogP contribution >= 0.6 is 0 Å². The molecule has 1 heterocycles. The van der Waals surface area contributed by atoms with Crippen molar-refractivity contribution in [3.8, 4) is 0 Å². The summed E-state index contributed by atoms with van der Waals surface area (Å²) >= 11 is 0. The highest BCUT2D eigenvalue weighted by Crippen LogP contribution is 2.17. The van der Waals surface area contributed by atoms with Gasteiger partial charge in [-0.3, -0.25) is 14.3 Å². The molecule has 1 aromatic carbocycles. The number of nitrogens with zero attached hydrogens (tertiary/aromatic N) is 1. The van der Waals surface area contributed by atoms with Crippen molar-refractivity contribution in [3.05, 3.63) is 34.4 Å². The topological polar surface area (TPSA) is 92.5 Å². The quantitative estimate of drug-likeness (QED) is 0.616. The third kappa shape index (κ3) is 3.59. The maximum Gasteiger partial charge on any atom is 0.269 e. The van der Waals surface area contributed by atoms with E-state index in [1.54, 1.807) is 0 Å². The van der Waals surface area contributed by atoms with Gasteiger partial charge in [0.25, 0.3) is 5.69 Å². The zero-order valence-electron chi connectivity index (χ0n) is 10.3. The van der Waals surface area contributed by atoms with Crippen molar-refractivity contribution in [3.63, 3.8) is 0 Å². The minimum atomic E-state index is -1.34. The van der Waals surface area contributed by atoms with Crippen LogP contribution in [0.15, 0.2) is 29.2 Å². The second-order valence-corrected chi connectivity index (χ2v) is 6.03. The van der Waals surface area contributed by atoms with Crippen molar-refractivity contribution in [2.75, 3.05) is 12.3 Å². The number of non-ortho nitro benzene ring substituents is 1. The minimum absolute atomic E-state index is 0.00185. The molecule has 2 N–H and O–H groups in total. The summed E-state index contributed by atoms with van der Waals surface area (Å²) in [6.45, 7) is 0.881. The van der Waals surface area contributed by atoms with E-state index in [4.69, 9.17) is 0 Å². The molecule has 0 amide bonds. The molecule has 0 saturated carbocycles. The Morgan fingerprint density at radius 1 is 1.47 bits per heavy atom. The molecule has 19 heavy (non-hydrogen) atoms. The van der Waals surface area contributed by atoms with Crippen molar-refractivity contribution < 1.29 is 14.2 Å². The van der Waals surface area contributed by atoms with Gasteiger partial charge in [0.1, 0.15) is 0 Å². The lowest BCUT2D eigenvalue weighted by atomic mass is 10.1. The van der Waals surface area contributed by atoms with E-state index in [0.29, 0.717) is 4.90 Å². The molecule has 0 aliphatic carbocycles. The van der Waals surface area contributed by atoms with E-state index >= 15 is 0 Å². The average Bonchev–Trinajstić information content (AvgIpc) is 2.92. The molecule has 0 bridgehead atoms. The Balaban J connectivity index is 1.97. The van der Waals surface area contributed by atoms with Crippen LogP contribution in [0.25, 0.3) is 0 Å². The Kier molecular flexibility index (Phi) is 4.62. The van der Waals surface area contributed by atoms with Gasteiger partial charge in [-0.25, -0.2) is 0 Å². The molecule has 1 aromatic rings. The van der Waals surface area contributed by atoms with Gasteiger partial charge in [0.15, 0.2) is 0 Å². The van der Waals surface area contributed by atoms with Gasteiger partial charge in [-0.1, -0.05) is 0 Å². The zero-order chi connectivity index (χ0) is 13.8. The number of nitrogens with one attached hydrogen (secondary N) is 1. The normalized spacial score (nSPS) is 22.1. The van der Waals surface area contributed by atoms with Crippen LogP contribution in [0.4, 0.5) is 5.69 Å². The largest absolute Gasteiger partial charge is 0.391 e. The fourth-order valence-electron chi connectivity index (χ4n) is 2.13. The number of aliphatic hydroxyl groups is 1. The van der Waals surface area contributed by atoms with Crippen molar-refractivity contribution >= 4 is 16.5 Å². The molecule has 0 aromatic heterocycles. The maximum absolute atomic E-state index is 12.0. The molecule has 1 fully saturated rings. The summed E-state index contributed by atoms with van der Waals surface area (Å²) in [7, 11) is -1.34. The van der Waals surface area contributed by atoms with E-state index in [2.05, 4.69) is 5.32 Å². The highest BCUT2D eigenvalue weighted by Gasteiger charge is 2.24. The van der Waals surface area contributed by atoms with Gasteiger partial charge >= 0.3 is 0 Å². The van der Waals surface area contributed by atoms with Crippen molar-refractivity contribution in [2.24, 2.45) is 0 Å². The lowest BCUT2D eigenvalue weighted by molar-refractivity contribution is -0.384. The van der Waals surface area contributed by atoms with E-state index < -0.39 is 21.8 Å². The highest BCUT2D eigenvalue weighted by atomic mass is 32.2. The Morgan fingerprint density at radius 2 is 2.16 bits per heavy atom. The van der Waals surface area contributed by atoms with Gasteiger partial charge in [-0.05, 0) is 31.5 Å². The predicted octanol–water partition coefficient (Wildman–Crippen LogP) is 0.815. The fourth-order valence-corrected chi connectivity index (χ4v) is 3.30. The molecular formula is C12H16N2O4S. The molecule has 6 nitrogen and oxygen atoms in total. The molecule has 3 atom stereocenters. The van der Waals surface area contributed by atoms with E-state index in [-0.39, 0.29) is 17.5 Å². The van der Waals surface area contributed by atoms with Crippen molar-refractivity contribution in [2.45, 2.75) is 29.9 Å². The first-order valence-corrected chi connectivity index (χ1v) is 7.44. The molecule has 2 rings (SSSR count). The summed E-state index contributed by atoms with van der Waals surface area (Å²) in [5.74, 6) is 0.148. The number of nitro groups is 1. The van der Waals surface area contributed by atoms with Gasteiger partial charge in [0.2, 0.25) is 0 Å². The Morgan fingerprint density at radius 3 is 2.68 bits per heavy atom. The van der Waals surface area contributed by atoms with Crippen LogP contribution in [0.2, 0.25) is 0 Å². The Labute approximate surface area is 113 Å². The van der Waals surface area contributed by atoms with E-state index in [1.165, 1.54) is 24.3 Å². The number of nitro benzene ring substituents is 1. The third-order valence-electron chi connectivity index (χ3n) is 3.20. The summed E-state index contributed by atoms with van der Waals surface area (Å²) in [4.78, 5) is 10.5. The molecule has 0 radical (unpaired) electrons. The van der Waals surface area contributed by atoms with E-state index in [0.717, 1.165) is 19.4 Å². The number of aliphatic hydroxyl groups excluding tert-OH is 1. The monoisotopic (exact) mass is 284 g/mol. The standard InChI is InChI=1S/C12H16N2O4S/c15-12(11-2-1-7-13-11)8-19(18)10-5-3-9(4-6-10)14(16)17/h3-6,11-13,15H,1-2,7-8H2. The second kappa shape index (κ2) is 6.23. The average molecular weight is 284 g/mol. The number of rotatable bonds is 5. The zero-order valence-corrected chi connectivity index (χ0v) is 11.1. The Bertz CT molecular complexity index is 471. The fraction of sp³-hybridized carbons (Fsp3) is 0.500. The molecule has 1 aliphatic heterocycles. The minimum Gasteiger partial charge on any atom is -0.391 e. The molecule has 1 aliphatic rings. The van der Waals surface area contributed by atoms with Gasteiger partial charge in [0.05, 0.1) is 27.6 Å². The van der Waals surface area contributed by atoms with Gasteiger partial charge in [-0.15, -0.1) is 0 Å². The highest BCUT2D eigenvalue weighted by molar-refractivity contribution is 7.85. The van der Waals surface area contributed by atoms with Crippen LogP contribution in [0.1, 0.15) is 12.8 Å². The first-order chi connectivity index (χ1) is 9.08. The molecular weight excluding hydrogens is 268 g/mol. The number of hydrogen-bond acceptors (Lipinski definition) is 5. The van der Waals surface area contributed by atoms with Gasteiger partial charge in [0, 0.05) is 23.1 Å². The lowest BCUT2D eigenvalue weighted by Crippen LogP contribution is -2.38. The van der Waals surface area contributed by atoms with Gasteiger partial charge in [-0.2, -0.15) is 0 Å². The van der Waals surface area contributed by atoms with Crippen LogP contribution in [0.3, 0.4) is 0 Å². The van der Waals surface area contributed by atoms with E-state index in [1.807, 2.05) is 0 Å². The molecule has 1 saturated heterocycles.